The summed E-state index contributed by atoms with van der Waals surface area (Å²) in [6, 6.07) is 6.80. The van der Waals surface area contributed by atoms with Crippen LogP contribution in [-0.4, -0.2) is 67.4 Å². The Balaban J connectivity index is 1.21. The van der Waals surface area contributed by atoms with Crippen molar-refractivity contribution in [2.24, 2.45) is 0 Å². The molecular formula is C27H34FN7O. The van der Waals surface area contributed by atoms with E-state index in [-0.39, 0.29) is 11.9 Å². The minimum atomic E-state index is -0.309. The molecule has 1 aliphatic heterocycles. The first-order chi connectivity index (χ1) is 17.5. The minimum Gasteiger partial charge on any atom is -0.379 e. The zero-order chi connectivity index (χ0) is 24.8. The first-order valence-corrected chi connectivity index (χ1v) is 13.1. The van der Waals surface area contributed by atoms with E-state index in [0.717, 1.165) is 67.1 Å². The van der Waals surface area contributed by atoms with Crippen molar-refractivity contribution in [3.05, 3.63) is 42.2 Å². The van der Waals surface area contributed by atoms with Crippen LogP contribution in [0.15, 0.2) is 30.6 Å². The van der Waals surface area contributed by atoms with Crippen LogP contribution in [0.3, 0.4) is 0 Å². The maximum atomic E-state index is 15.0. The molecule has 2 fully saturated rings. The quantitative estimate of drug-likeness (QED) is 0.431. The number of morpholine rings is 1. The van der Waals surface area contributed by atoms with Crippen LogP contribution in [0.1, 0.15) is 51.4 Å². The molecule has 0 radical (unpaired) electrons. The number of fused-ring (bicyclic) bond motifs is 2. The summed E-state index contributed by atoms with van der Waals surface area (Å²) in [4.78, 5) is 11.7. The van der Waals surface area contributed by atoms with Gasteiger partial charge >= 0.3 is 0 Å². The van der Waals surface area contributed by atoms with E-state index in [1.807, 2.05) is 36.0 Å². The van der Waals surface area contributed by atoms with Crippen LogP contribution in [0.25, 0.3) is 27.7 Å². The van der Waals surface area contributed by atoms with Gasteiger partial charge < -0.3 is 14.6 Å². The summed E-state index contributed by atoms with van der Waals surface area (Å²) in [5.74, 6) is 1.14. The van der Waals surface area contributed by atoms with Gasteiger partial charge in [0.2, 0.25) is 5.95 Å². The molecule has 1 aromatic carbocycles. The number of rotatable bonds is 5. The van der Waals surface area contributed by atoms with Crippen molar-refractivity contribution >= 4 is 22.5 Å². The number of hydrogen-bond donors (Lipinski definition) is 1. The van der Waals surface area contributed by atoms with E-state index < -0.39 is 0 Å². The fraction of sp³-hybridized carbons (Fsp3) is 0.519. The number of anilines is 1. The summed E-state index contributed by atoms with van der Waals surface area (Å²) in [6.07, 6.45) is 8.35. The Hall–Kier alpha value is -3.04. The Morgan fingerprint density at radius 1 is 1.08 bits per heavy atom. The van der Waals surface area contributed by atoms with Crippen molar-refractivity contribution in [1.82, 2.24) is 29.0 Å². The van der Waals surface area contributed by atoms with Gasteiger partial charge in [0.25, 0.3) is 0 Å². The molecule has 1 saturated heterocycles. The summed E-state index contributed by atoms with van der Waals surface area (Å²) < 4.78 is 24.4. The second-order valence-electron chi connectivity index (χ2n) is 10.4. The van der Waals surface area contributed by atoms with E-state index in [2.05, 4.69) is 38.6 Å². The Morgan fingerprint density at radius 2 is 1.86 bits per heavy atom. The molecular weight excluding hydrogens is 457 g/mol. The van der Waals surface area contributed by atoms with Crippen LogP contribution in [0.4, 0.5) is 10.3 Å². The zero-order valence-electron chi connectivity index (χ0n) is 21.2. The third kappa shape index (κ3) is 4.24. The molecule has 0 amide bonds. The Bertz CT molecular complexity index is 1380. The predicted octanol–water partition coefficient (Wildman–Crippen LogP) is 4.83. The molecule has 0 spiro atoms. The number of nitrogens with zero attached hydrogens (tertiary/aromatic N) is 6. The average Bonchev–Trinajstić information content (AvgIpc) is 3.45. The van der Waals surface area contributed by atoms with Crippen molar-refractivity contribution in [3.63, 3.8) is 0 Å². The Labute approximate surface area is 210 Å². The summed E-state index contributed by atoms with van der Waals surface area (Å²) in [7, 11) is 0. The van der Waals surface area contributed by atoms with Crippen LogP contribution >= 0.6 is 0 Å². The third-order valence-electron chi connectivity index (χ3n) is 7.76. The van der Waals surface area contributed by atoms with Crippen LogP contribution in [0.5, 0.6) is 0 Å². The normalized spacial score (nSPS) is 21.6. The summed E-state index contributed by atoms with van der Waals surface area (Å²) in [6.45, 7) is 9.90. The number of nitrogens with one attached hydrogen (secondary N) is 1. The third-order valence-corrected chi connectivity index (χ3v) is 7.76. The lowest BCUT2D eigenvalue weighted by molar-refractivity contribution is 0.00790. The summed E-state index contributed by atoms with van der Waals surface area (Å²) in [5, 5.41) is 8.26. The van der Waals surface area contributed by atoms with Crippen molar-refractivity contribution in [2.75, 3.05) is 31.6 Å². The molecule has 0 atom stereocenters. The van der Waals surface area contributed by atoms with Crippen molar-refractivity contribution in [3.8, 4) is 11.1 Å². The molecule has 1 saturated carbocycles. The van der Waals surface area contributed by atoms with Gasteiger partial charge in [0.1, 0.15) is 11.3 Å². The highest BCUT2D eigenvalue weighted by Crippen LogP contribution is 2.32. The largest absolute Gasteiger partial charge is 0.379 e. The molecule has 9 heteroatoms. The lowest BCUT2D eigenvalue weighted by atomic mass is 9.90. The maximum Gasteiger partial charge on any atom is 0.241 e. The fourth-order valence-electron chi connectivity index (χ4n) is 6.00. The van der Waals surface area contributed by atoms with E-state index in [0.29, 0.717) is 23.5 Å². The van der Waals surface area contributed by atoms with Gasteiger partial charge in [0, 0.05) is 43.0 Å². The topological polar surface area (TPSA) is 72.5 Å². The molecule has 4 heterocycles. The molecule has 2 aliphatic rings. The van der Waals surface area contributed by atoms with Gasteiger partial charge in [-0.1, -0.05) is 0 Å². The van der Waals surface area contributed by atoms with Gasteiger partial charge in [-0.3, -0.25) is 4.90 Å². The number of imidazole rings is 1. The molecule has 8 nitrogen and oxygen atoms in total. The number of hydrogen-bond acceptors (Lipinski definition) is 6. The van der Waals surface area contributed by atoms with Gasteiger partial charge in [-0.2, -0.15) is 0 Å². The first kappa shape index (κ1) is 23.4. The lowest BCUT2D eigenvalue weighted by Crippen LogP contribution is -2.46. The molecule has 0 unspecified atom stereocenters. The van der Waals surface area contributed by atoms with Gasteiger partial charge in [-0.25, -0.2) is 18.9 Å². The number of aromatic nitrogens is 5. The highest BCUT2D eigenvalue weighted by molar-refractivity contribution is 5.88. The van der Waals surface area contributed by atoms with Crippen LogP contribution in [0.2, 0.25) is 0 Å². The number of benzene rings is 1. The molecule has 4 aromatic rings. The highest BCUT2D eigenvalue weighted by atomic mass is 19.1. The predicted molar refractivity (Wildman–Crippen MR) is 139 cm³/mol. The highest BCUT2D eigenvalue weighted by Gasteiger charge is 2.27. The second kappa shape index (κ2) is 9.44. The molecule has 0 bridgehead atoms. The lowest BCUT2D eigenvalue weighted by Gasteiger charge is -2.38. The van der Waals surface area contributed by atoms with Gasteiger partial charge in [-0.05, 0) is 70.2 Å². The molecule has 3 aromatic heterocycles. The smallest absolute Gasteiger partial charge is 0.241 e. The SMILES string of the molecule is Cc1nc2c(F)cc(-c3ccn4nc(N[C@H]5CC[C@H](N6CCOCC6)CC5)ncc34)cc2n1C(C)C. The van der Waals surface area contributed by atoms with E-state index >= 15 is 4.39 Å². The minimum absolute atomic E-state index is 0.191. The van der Waals surface area contributed by atoms with Crippen molar-refractivity contribution < 1.29 is 9.13 Å². The average molecular weight is 492 g/mol. The Morgan fingerprint density at radius 3 is 2.61 bits per heavy atom. The molecule has 1 N–H and O–H groups in total. The van der Waals surface area contributed by atoms with E-state index in [4.69, 9.17) is 9.84 Å². The number of ether oxygens (including phenoxy) is 1. The number of aryl methyl sites for hydroxylation is 1. The van der Waals surface area contributed by atoms with E-state index in [1.165, 1.54) is 12.8 Å². The fourth-order valence-corrected chi connectivity index (χ4v) is 6.00. The molecule has 36 heavy (non-hydrogen) atoms. The van der Waals surface area contributed by atoms with Crippen molar-refractivity contribution in [2.45, 2.75) is 64.6 Å². The van der Waals surface area contributed by atoms with Crippen LogP contribution in [0, 0.1) is 12.7 Å². The van der Waals surface area contributed by atoms with Gasteiger partial charge in [-0.15, -0.1) is 5.10 Å². The summed E-state index contributed by atoms with van der Waals surface area (Å²) in [5.41, 5.74) is 3.78. The van der Waals surface area contributed by atoms with Gasteiger partial charge in [0.15, 0.2) is 5.82 Å². The molecule has 1 aliphatic carbocycles. The monoisotopic (exact) mass is 491 g/mol. The second-order valence-corrected chi connectivity index (χ2v) is 10.4. The standard InChI is InChI=1S/C27H34FN7O/c1-17(2)35-18(3)30-26-23(28)14-19(15-24(26)35)22-8-9-34-25(22)16-29-27(32-34)31-20-4-6-21(7-5-20)33-10-12-36-13-11-33/h8-9,14-17,20-21H,4-7,10-13H2,1-3H3,(H,31,32)/t20-,21-. The zero-order valence-corrected chi connectivity index (χ0v) is 21.2. The van der Waals surface area contributed by atoms with Crippen molar-refractivity contribution in [1.29, 1.82) is 0 Å². The van der Waals surface area contributed by atoms with E-state index in [9.17, 15) is 0 Å². The molecule has 190 valence electrons. The summed E-state index contributed by atoms with van der Waals surface area (Å²) >= 11 is 0. The Kier molecular flexibility index (Phi) is 6.13. The van der Waals surface area contributed by atoms with Crippen LogP contribution < -0.4 is 5.32 Å². The number of halogens is 1. The molecule has 6 rings (SSSR count). The van der Waals surface area contributed by atoms with Crippen LogP contribution in [-0.2, 0) is 4.74 Å². The van der Waals surface area contributed by atoms with Gasteiger partial charge in [0.05, 0.1) is 30.4 Å². The first-order valence-electron chi connectivity index (χ1n) is 13.1. The van der Waals surface area contributed by atoms with E-state index in [1.54, 1.807) is 6.07 Å². The maximum absolute atomic E-state index is 15.0.